The number of rotatable bonds is 6. The fraction of sp³-hybridized carbons (Fsp3) is 0.562. The molecule has 0 bridgehead atoms. The van der Waals surface area contributed by atoms with Crippen LogP contribution in [0, 0.1) is 0 Å². The Labute approximate surface area is 126 Å². The minimum absolute atomic E-state index is 0.0867. The van der Waals surface area contributed by atoms with Crippen LogP contribution in [0.25, 0.3) is 0 Å². The quantitative estimate of drug-likeness (QED) is 0.869. The number of nitrogens with one attached hydrogen (secondary N) is 1. The van der Waals surface area contributed by atoms with Gasteiger partial charge in [0.05, 0.1) is 25.4 Å². The van der Waals surface area contributed by atoms with Gasteiger partial charge in [-0.15, -0.1) is 0 Å². The fourth-order valence-corrected chi connectivity index (χ4v) is 2.78. The lowest BCUT2D eigenvalue weighted by atomic mass is 10.0. The summed E-state index contributed by atoms with van der Waals surface area (Å²) in [7, 11) is 3.29. The van der Waals surface area contributed by atoms with Crippen molar-refractivity contribution in [1.82, 2.24) is 5.32 Å². The molecule has 5 nitrogen and oxygen atoms in total. The number of anilines is 1. The first-order valence-electron chi connectivity index (χ1n) is 7.19. The van der Waals surface area contributed by atoms with Gasteiger partial charge in [-0.25, -0.2) is 0 Å². The average molecular weight is 292 g/mol. The van der Waals surface area contributed by atoms with Gasteiger partial charge >= 0.3 is 0 Å². The maximum absolute atomic E-state index is 12.6. The highest BCUT2D eigenvalue weighted by molar-refractivity contribution is 6.00. The summed E-state index contributed by atoms with van der Waals surface area (Å²) in [5, 5.41) is 3.39. The number of ether oxygens (including phenoxy) is 2. The number of carbonyl (C=O) groups excluding carboxylic acids is 1. The second kappa shape index (κ2) is 6.45. The van der Waals surface area contributed by atoms with Crippen LogP contribution < -0.4 is 15.0 Å². The second-order valence-electron chi connectivity index (χ2n) is 5.96. The summed E-state index contributed by atoms with van der Waals surface area (Å²) < 4.78 is 10.5. The van der Waals surface area contributed by atoms with Crippen LogP contribution in [-0.2, 0) is 9.53 Å². The highest BCUT2D eigenvalue weighted by atomic mass is 16.5. The Morgan fingerprint density at radius 1 is 1.33 bits per heavy atom. The number of amides is 1. The molecule has 2 rings (SSSR count). The minimum Gasteiger partial charge on any atom is -0.495 e. The van der Waals surface area contributed by atoms with E-state index in [1.807, 2.05) is 38.1 Å². The summed E-state index contributed by atoms with van der Waals surface area (Å²) in [6.07, 6.45) is 0.782. The topological polar surface area (TPSA) is 50.8 Å². The zero-order valence-electron chi connectivity index (χ0n) is 13.2. The van der Waals surface area contributed by atoms with Crippen LogP contribution in [0.1, 0.15) is 20.3 Å². The first kappa shape index (κ1) is 15.8. The van der Waals surface area contributed by atoms with Crippen LogP contribution in [0.15, 0.2) is 24.3 Å². The van der Waals surface area contributed by atoms with Crippen molar-refractivity contribution >= 4 is 11.6 Å². The fourth-order valence-electron chi connectivity index (χ4n) is 2.78. The first-order valence-corrected chi connectivity index (χ1v) is 7.19. The Morgan fingerprint density at radius 3 is 2.71 bits per heavy atom. The molecule has 1 fully saturated rings. The predicted molar refractivity (Wildman–Crippen MR) is 82.8 cm³/mol. The lowest BCUT2D eigenvalue weighted by Gasteiger charge is -2.28. The molecule has 0 aliphatic carbocycles. The maximum atomic E-state index is 12.6. The van der Waals surface area contributed by atoms with Gasteiger partial charge in [0.15, 0.2) is 0 Å². The molecule has 1 aliphatic rings. The van der Waals surface area contributed by atoms with Crippen LogP contribution >= 0.6 is 0 Å². The molecule has 1 amide bonds. The summed E-state index contributed by atoms with van der Waals surface area (Å²) in [5.41, 5.74) is 0.602. The number of nitrogens with zero attached hydrogens (tertiary/aromatic N) is 1. The zero-order chi connectivity index (χ0) is 15.5. The molecule has 1 heterocycles. The van der Waals surface area contributed by atoms with Gasteiger partial charge in [0.25, 0.3) is 0 Å². The van der Waals surface area contributed by atoms with Crippen molar-refractivity contribution in [2.75, 3.05) is 32.3 Å². The summed E-state index contributed by atoms with van der Waals surface area (Å²) in [5.74, 6) is 0.811. The lowest BCUT2D eigenvalue weighted by Crippen LogP contribution is -2.51. The van der Waals surface area contributed by atoms with Crippen molar-refractivity contribution < 1.29 is 14.3 Å². The third kappa shape index (κ3) is 3.54. The molecule has 116 valence electrons. The highest BCUT2D eigenvalue weighted by Crippen LogP contribution is 2.31. The number of benzene rings is 1. The van der Waals surface area contributed by atoms with E-state index in [2.05, 4.69) is 5.32 Å². The Morgan fingerprint density at radius 2 is 2.05 bits per heavy atom. The molecule has 1 atom stereocenters. The van der Waals surface area contributed by atoms with Crippen molar-refractivity contribution in [3.05, 3.63) is 24.3 Å². The third-order valence-corrected chi connectivity index (χ3v) is 3.65. The van der Waals surface area contributed by atoms with E-state index in [-0.39, 0.29) is 17.5 Å². The minimum atomic E-state index is -0.230. The van der Waals surface area contributed by atoms with Crippen molar-refractivity contribution in [1.29, 1.82) is 0 Å². The van der Waals surface area contributed by atoms with Gasteiger partial charge in [-0.3, -0.25) is 10.1 Å². The number of methoxy groups -OCH3 is 2. The Bertz CT molecular complexity index is 502. The molecule has 0 saturated carbocycles. The van der Waals surface area contributed by atoms with Gasteiger partial charge in [-0.2, -0.15) is 0 Å². The summed E-state index contributed by atoms with van der Waals surface area (Å²) in [4.78, 5) is 14.4. The number of hydrogen-bond acceptors (Lipinski definition) is 4. The lowest BCUT2D eigenvalue weighted by molar-refractivity contribution is -0.119. The Balaban J connectivity index is 2.11. The summed E-state index contributed by atoms with van der Waals surface area (Å²) in [6, 6.07) is 7.43. The smallest absolute Gasteiger partial charge is 0.244 e. The SMILES string of the molecule is COCC(C)(C)NC1CCN(c2ccccc2OC)C1=O. The van der Waals surface area contributed by atoms with E-state index in [0.29, 0.717) is 13.2 Å². The third-order valence-electron chi connectivity index (χ3n) is 3.65. The van der Waals surface area contributed by atoms with Gasteiger partial charge in [0.2, 0.25) is 5.91 Å². The number of carbonyl (C=O) groups is 1. The summed E-state index contributed by atoms with van der Waals surface area (Å²) >= 11 is 0. The molecule has 5 heteroatoms. The molecule has 21 heavy (non-hydrogen) atoms. The second-order valence-corrected chi connectivity index (χ2v) is 5.96. The van der Waals surface area contributed by atoms with E-state index in [0.717, 1.165) is 17.9 Å². The predicted octanol–water partition coefficient (Wildman–Crippen LogP) is 1.82. The monoisotopic (exact) mass is 292 g/mol. The summed E-state index contributed by atoms with van der Waals surface area (Å²) in [6.45, 7) is 5.33. The molecule has 1 saturated heterocycles. The van der Waals surface area contributed by atoms with Gasteiger partial charge in [-0.1, -0.05) is 12.1 Å². The molecule has 1 aromatic rings. The maximum Gasteiger partial charge on any atom is 0.244 e. The Hall–Kier alpha value is -1.59. The number of hydrogen-bond donors (Lipinski definition) is 1. The first-order chi connectivity index (χ1) is 9.98. The van der Waals surface area contributed by atoms with Crippen molar-refractivity contribution in [3.8, 4) is 5.75 Å². The average Bonchev–Trinajstić information content (AvgIpc) is 2.79. The van der Waals surface area contributed by atoms with Gasteiger partial charge < -0.3 is 14.4 Å². The van der Waals surface area contributed by atoms with E-state index < -0.39 is 0 Å². The molecule has 0 spiro atoms. The van der Waals surface area contributed by atoms with Gasteiger partial charge in [-0.05, 0) is 32.4 Å². The molecular weight excluding hydrogens is 268 g/mol. The van der Waals surface area contributed by atoms with Gasteiger partial charge in [0, 0.05) is 19.2 Å². The number of para-hydroxylation sites is 2. The van der Waals surface area contributed by atoms with Crippen molar-refractivity contribution in [2.24, 2.45) is 0 Å². The standard InChI is InChI=1S/C16H24N2O3/c1-16(2,11-20-3)17-12-9-10-18(15(12)19)13-7-5-6-8-14(13)21-4/h5-8,12,17H,9-11H2,1-4H3. The highest BCUT2D eigenvalue weighted by Gasteiger charge is 2.36. The van der Waals surface area contributed by atoms with Crippen LogP contribution in [0.4, 0.5) is 5.69 Å². The molecule has 1 unspecified atom stereocenters. The normalized spacial score (nSPS) is 19.1. The van der Waals surface area contributed by atoms with Crippen LogP contribution in [-0.4, -0.2) is 44.9 Å². The van der Waals surface area contributed by atoms with Crippen LogP contribution in [0.2, 0.25) is 0 Å². The molecule has 1 aliphatic heterocycles. The van der Waals surface area contributed by atoms with E-state index in [1.54, 1.807) is 19.1 Å². The van der Waals surface area contributed by atoms with Crippen molar-refractivity contribution in [3.63, 3.8) is 0 Å². The molecular formula is C16H24N2O3. The van der Waals surface area contributed by atoms with E-state index >= 15 is 0 Å². The Kier molecular flexibility index (Phi) is 4.85. The van der Waals surface area contributed by atoms with Crippen LogP contribution in [0.5, 0.6) is 5.75 Å². The van der Waals surface area contributed by atoms with Crippen molar-refractivity contribution in [2.45, 2.75) is 31.8 Å². The van der Waals surface area contributed by atoms with Crippen LogP contribution in [0.3, 0.4) is 0 Å². The molecule has 0 aromatic heterocycles. The molecule has 1 N–H and O–H groups in total. The zero-order valence-corrected chi connectivity index (χ0v) is 13.2. The molecule has 1 aromatic carbocycles. The molecule has 0 radical (unpaired) electrons. The van der Waals surface area contributed by atoms with E-state index in [1.165, 1.54) is 0 Å². The van der Waals surface area contributed by atoms with E-state index in [9.17, 15) is 4.79 Å². The van der Waals surface area contributed by atoms with E-state index in [4.69, 9.17) is 9.47 Å². The largest absolute Gasteiger partial charge is 0.495 e. The van der Waals surface area contributed by atoms with Gasteiger partial charge in [0.1, 0.15) is 5.75 Å².